The molecule has 1 heterocycles. The molecule has 1 saturated heterocycles. The van der Waals surface area contributed by atoms with Gasteiger partial charge in [-0.05, 0) is 37.8 Å². The number of aryl methyl sites for hydroxylation is 1. The number of anilines is 1. The average molecular weight is 285 g/mol. The molecule has 1 aliphatic rings. The van der Waals surface area contributed by atoms with Gasteiger partial charge in [-0.15, -0.1) is 0 Å². The van der Waals surface area contributed by atoms with Gasteiger partial charge in [0.2, 0.25) is 10.0 Å². The van der Waals surface area contributed by atoms with E-state index < -0.39 is 10.0 Å². The minimum atomic E-state index is -3.51. The van der Waals surface area contributed by atoms with Crippen molar-refractivity contribution in [3.05, 3.63) is 23.8 Å². The topological polar surface area (TPSA) is 75.6 Å². The van der Waals surface area contributed by atoms with Gasteiger partial charge in [-0.1, -0.05) is 12.1 Å². The molecule has 5 nitrogen and oxygen atoms in total. The first-order valence-corrected chi connectivity index (χ1v) is 8.04. The first-order chi connectivity index (χ1) is 8.98. The smallest absolute Gasteiger partial charge is 0.235 e. The molecule has 106 valence electrons. The van der Waals surface area contributed by atoms with E-state index >= 15 is 0 Å². The lowest BCUT2D eigenvalue weighted by atomic mass is 10.1. The Bertz CT molecular complexity index is 515. The minimum absolute atomic E-state index is 0.0619. The molecule has 1 atom stereocenters. The standard InChI is InChI=1S/C13H19NO4S/c1-10-5-4-7-12(15)13(10)14-19(16,17)9-11-6-2-3-8-18-11/h4-5,7,11,14-15H,2-3,6,8-9H2,1H3. The van der Waals surface area contributed by atoms with Gasteiger partial charge in [0.25, 0.3) is 0 Å². The van der Waals surface area contributed by atoms with Crippen molar-refractivity contribution in [1.29, 1.82) is 0 Å². The largest absolute Gasteiger partial charge is 0.506 e. The highest BCUT2D eigenvalue weighted by molar-refractivity contribution is 7.92. The van der Waals surface area contributed by atoms with Crippen molar-refractivity contribution in [3.8, 4) is 5.75 Å². The van der Waals surface area contributed by atoms with E-state index in [2.05, 4.69) is 4.72 Å². The number of sulfonamides is 1. The second-order valence-corrected chi connectivity index (χ2v) is 6.61. The van der Waals surface area contributed by atoms with E-state index in [1.165, 1.54) is 6.07 Å². The minimum Gasteiger partial charge on any atom is -0.506 e. The fraction of sp³-hybridized carbons (Fsp3) is 0.538. The summed E-state index contributed by atoms with van der Waals surface area (Å²) in [6, 6.07) is 4.88. The number of hydrogen-bond acceptors (Lipinski definition) is 4. The van der Waals surface area contributed by atoms with E-state index in [-0.39, 0.29) is 23.3 Å². The van der Waals surface area contributed by atoms with Crippen LogP contribution in [0.5, 0.6) is 5.75 Å². The summed E-state index contributed by atoms with van der Waals surface area (Å²) in [5, 5.41) is 9.70. The highest BCUT2D eigenvalue weighted by Crippen LogP contribution is 2.28. The highest BCUT2D eigenvalue weighted by atomic mass is 32.2. The van der Waals surface area contributed by atoms with Gasteiger partial charge < -0.3 is 9.84 Å². The van der Waals surface area contributed by atoms with Gasteiger partial charge in [0.1, 0.15) is 5.75 Å². The average Bonchev–Trinajstić information content (AvgIpc) is 2.35. The molecule has 0 radical (unpaired) electrons. The second-order valence-electron chi connectivity index (χ2n) is 4.84. The van der Waals surface area contributed by atoms with E-state index in [9.17, 15) is 13.5 Å². The van der Waals surface area contributed by atoms with Gasteiger partial charge in [-0.2, -0.15) is 0 Å². The van der Waals surface area contributed by atoms with Crippen molar-refractivity contribution in [2.24, 2.45) is 0 Å². The van der Waals surface area contributed by atoms with Crippen molar-refractivity contribution < 1.29 is 18.3 Å². The summed E-state index contributed by atoms with van der Waals surface area (Å²) in [5.41, 5.74) is 0.937. The highest BCUT2D eigenvalue weighted by Gasteiger charge is 2.23. The molecule has 0 spiro atoms. The van der Waals surface area contributed by atoms with Crippen molar-refractivity contribution in [2.45, 2.75) is 32.3 Å². The molecule has 0 aliphatic carbocycles. The Morgan fingerprint density at radius 1 is 1.42 bits per heavy atom. The molecule has 1 unspecified atom stereocenters. The van der Waals surface area contributed by atoms with Crippen LogP contribution >= 0.6 is 0 Å². The number of nitrogens with one attached hydrogen (secondary N) is 1. The number of rotatable bonds is 4. The molecule has 2 rings (SSSR count). The van der Waals surface area contributed by atoms with E-state index in [0.717, 1.165) is 19.3 Å². The van der Waals surface area contributed by atoms with Crippen LogP contribution in [-0.4, -0.2) is 32.0 Å². The summed E-state index contributed by atoms with van der Waals surface area (Å²) in [6.45, 7) is 2.37. The predicted octanol–water partition coefficient (Wildman–Crippen LogP) is 2.01. The molecule has 19 heavy (non-hydrogen) atoms. The quantitative estimate of drug-likeness (QED) is 0.830. The third-order valence-corrected chi connectivity index (χ3v) is 4.51. The maximum atomic E-state index is 12.1. The summed E-state index contributed by atoms with van der Waals surface area (Å²) in [6.07, 6.45) is 2.50. The van der Waals surface area contributed by atoms with Crippen LogP contribution in [-0.2, 0) is 14.8 Å². The Hall–Kier alpha value is -1.27. The van der Waals surface area contributed by atoms with Gasteiger partial charge in [0.05, 0.1) is 17.5 Å². The summed E-state index contributed by atoms with van der Waals surface area (Å²) >= 11 is 0. The molecule has 0 aromatic heterocycles. The Balaban J connectivity index is 2.08. The van der Waals surface area contributed by atoms with Crippen molar-refractivity contribution >= 4 is 15.7 Å². The Morgan fingerprint density at radius 3 is 2.84 bits per heavy atom. The lowest BCUT2D eigenvalue weighted by Gasteiger charge is -2.23. The van der Waals surface area contributed by atoms with Gasteiger partial charge in [-0.25, -0.2) is 8.42 Å². The fourth-order valence-electron chi connectivity index (χ4n) is 2.17. The predicted molar refractivity (Wildman–Crippen MR) is 73.8 cm³/mol. The van der Waals surface area contributed by atoms with Gasteiger partial charge in [0, 0.05) is 6.61 Å². The molecule has 1 aromatic rings. The van der Waals surface area contributed by atoms with E-state index in [0.29, 0.717) is 12.2 Å². The monoisotopic (exact) mass is 285 g/mol. The van der Waals surface area contributed by atoms with Crippen LogP contribution in [0.2, 0.25) is 0 Å². The summed E-state index contributed by atoms with van der Waals surface area (Å²) in [7, 11) is -3.51. The molecule has 2 N–H and O–H groups in total. The second kappa shape index (κ2) is 5.79. The molecular formula is C13H19NO4S. The first kappa shape index (κ1) is 14.1. The first-order valence-electron chi connectivity index (χ1n) is 6.38. The summed E-state index contributed by atoms with van der Waals surface area (Å²) < 4.78 is 32.0. The molecule has 1 fully saturated rings. The Labute approximate surface area is 113 Å². The zero-order chi connectivity index (χ0) is 13.9. The van der Waals surface area contributed by atoms with Crippen LogP contribution in [0.4, 0.5) is 5.69 Å². The number of benzene rings is 1. The van der Waals surface area contributed by atoms with Gasteiger partial charge >= 0.3 is 0 Å². The molecule has 0 bridgehead atoms. The molecular weight excluding hydrogens is 266 g/mol. The Kier molecular flexibility index (Phi) is 4.31. The number of ether oxygens (including phenoxy) is 1. The van der Waals surface area contributed by atoms with Crippen molar-refractivity contribution in [3.63, 3.8) is 0 Å². The van der Waals surface area contributed by atoms with Gasteiger partial charge in [0.15, 0.2) is 0 Å². The summed E-state index contributed by atoms with van der Waals surface area (Å²) in [4.78, 5) is 0. The lowest BCUT2D eigenvalue weighted by molar-refractivity contribution is 0.0306. The SMILES string of the molecule is Cc1cccc(O)c1NS(=O)(=O)CC1CCCCO1. The van der Waals surface area contributed by atoms with Crippen LogP contribution < -0.4 is 4.72 Å². The zero-order valence-electron chi connectivity index (χ0n) is 10.9. The third kappa shape index (κ3) is 3.84. The molecule has 0 amide bonds. The molecule has 1 aromatic carbocycles. The van der Waals surface area contributed by atoms with E-state index in [1.807, 2.05) is 0 Å². The number of phenolic OH excluding ortho intramolecular Hbond substituents is 1. The zero-order valence-corrected chi connectivity index (χ0v) is 11.7. The Morgan fingerprint density at radius 2 is 2.21 bits per heavy atom. The molecule has 6 heteroatoms. The van der Waals surface area contributed by atoms with Crippen molar-refractivity contribution in [1.82, 2.24) is 0 Å². The van der Waals surface area contributed by atoms with E-state index in [1.54, 1.807) is 19.1 Å². The van der Waals surface area contributed by atoms with Crippen LogP contribution in [0.1, 0.15) is 24.8 Å². The molecule has 0 saturated carbocycles. The third-order valence-electron chi connectivity index (χ3n) is 3.19. The normalized spacial score (nSPS) is 20.2. The number of hydrogen-bond donors (Lipinski definition) is 2. The van der Waals surface area contributed by atoms with Crippen LogP contribution in [0.15, 0.2) is 18.2 Å². The van der Waals surface area contributed by atoms with E-state index in [4.69, 9.17) is 4.74 Å². The maximum Gasteiger partial charge on any atom is 0.235 e. The lowest BCUT2D eigenvalue weighted by Crippen LogP contribution is -2.31. The summed E-state index contributed by atoms with van der Waals surface area (Å²) in [5.74, 6) is -0.131. The van der Waals surface area contributed by atoms with Crippen LogP contribution in [0.3, 0.4) is 0 Å². The van der Waals surface area contributed by atoms with Crippen LogP contribution in [0.25, 0.3) is 0 Å². The van der Waals surface area contributed by atoms with Crippen LogP contribution in [0, 0.1) is 6.92 Å². The number of phenols is 1. The van der Waals surface area contributed by atoms with Gasteiger partial charge in [-0.3, -0.25) is 4.72 Å². The molecule has 1 aliphatic heterocycles. The van der Waals surface area contributed by atoms with Crippen molar-refractivity contribution in [2.75, 3.05) is 17.1 Å². The maximum absolute atomic E-state index is 12.1. The number of aromatic hydroxyl groups is 1. The number of para-hydroxylation sites is 1. The fourth-order valence-corrected chi connectivity index (χ4v) is 3.58.